The van der Waals surface area contributed by atoms with Gasteiger partial charge in [0.1, 0.15) is 5.75 Å². The van der Waals surface area contributed by atoms with Crippen molar-refractivity contribution >= 4 is 29.4 Å². The summed E-state index contributed by atoms with van der Waals surface area (Å²) in [5.41, 5.74) is 3.02. The van der Waals surface area contributed by atoms with E-state index in [1.807, 2.05) is 0 Å². The number of nitro groups is 1. The number of carbonyl (C=O) groups excluding carboxylic acids is 2. The van der Waals surface area contributed by atoms with Crippen LogP contribution < -0.4 is 10.7 Å². The molecule has 0 fully saturated rings. The van der Waals surface area contributed by atoms with Crippen molar-refractivity contribution in [1.82, 2.24) is 5.43 Å². The normalized spacial score (nSPS) is 10.5. The Bertz CT molecular complexity index is 862. The molecule has 3 N–H and O–H groups in total. The van der Waals surface area contributed by atoms with E-state index in [2.05, 4.69) is 15.8 Å². The van der Waals surface area contributed by atoms with E-state index in [-0.39, 0.29) is 22.9 Å². The molecule has 9 nitrogen and oxygen atoms in total. The molecular weight excluding hydrogens is 340 g/mol. The number of amides is 2. The molecule has 0 bridgehead atoms. The summed E-state index contributed by atoms with van der Waals surface area (Å²) in [6.07, 6.45) is 1.46. The number of benzene rings is 2. The zero-order valence-electron chi connectivity index (χ0n) is 13.8. The Hall–Kier alpha value is -3.75. The first kappa shape index (κ1) is 18.6. The van der Waals surface area contributed by atoms with Crippen LogP contribution in [0.5, 0.6) is 5.75 Å². The Morgan fingerprint density at radius 1 is 1.23 bits per heavy atom. The SMILES string of the molecule is CCC(=O)Nc1ccc(C(=O)N/N=C\c2cc([N+](=O)[O-])ccc2O)cc1. The third-order valence-corrected chi connectivity index (χ3v) is 3.34. The van der Waals surface area contributed by atoms with Crippen LogP contribution in [0.15, 0.2) is 47.6 Å². The minimum absolute atomic E-state index is 0.0946. The van der Waals surface area contributed by atoms with Crippen LogP contribution in [0.1, 0.15) is 29.3 Å². The van der Waals surface area contributed by atoms with Gasteiger partial charge in [-0.25, -0.2) is 5.43 Å². The average Bonchev–Trinajstić information content (AvgIpc) is 2.63. The van der Waals surface area contributed by atoms with Crippen molar-refractivity contribution in [3.8, 4) is 5.75 Å². The molecule has 134 valence electrons. The first-order valence-corrected chi connectivity index (χ1v) is 7.61. The van der Waals surface area contributed by atoms with Gasteiger partial charge in [-0.1, -0.05) is 6.92 Å². The second-order valence-electron chi connectivity index (χ2n) is 5.18. The third-order valence-electron chi connectivity index (χ3n) is 3.34. The standard InChI is InChI=1S/C17H16N4O5/c1-2-16(23)19-13-5-3-11(4-6-13)17(24)20-18-10-12-9-14(21(25)26)7-8-15(12)22/h3-10,22H,2H2,1H3,(H,19,23)(H,20,24)/b18-10-. The number of hydrogen-bond donors (Lipinski definition) is 3. The van der Waals surface area contributed by atoms with E-state index in [1.54, 1.807) is 19.1 Å². The van der Waals surface area contributed by atoms with Gasteiger partial charge in [0.25, 0.3) is 11.6 Å². The molecule has 2 rings (SSSR count). The number of phenols is 1. The number of hydrazone groups is 1. The fourth-order valence-corrected chi connectivity index (χ4v) is 1.94. The van der Waals surface area contributed by atoms with Gasteiger partial charge in [-0.05, 0) is 30.3 Å². The number of hydrogen-bond acceptors (Lipinski definition) is 6. The van der Waals surface area contributed by atoms with E-state index >= 15 is 0 Å². The van der Waals surface area contributed by atoms with Crippen molar-refractivity contribution in [2.24, 2.45) is 5.10 Å². The minimum atomic E-state index is -0.603. The molecule has 2 aromatic carbocycles. The van der Waals surface area contributed by atoms with Crippen LogP contribution in [0.2, 0.25) is 0 Å². The van der Waals surface area contributed by atoms with Crippen LogP contribution >= 0.6 is 0 Å². The van der Waals surface area contributed by atoms with Crippen molar-refractivity contribution in [3.05, 3.63) is 63.7 Å². The van der Waals surface area contributed by atoms with E-state index in [4.69, 9.17) is 0 Å². The lowest BCUT2D eigenvalue weighted by Gasteiger charge is -2.05. The van der Waals surface area contributed by atoms with Gasteiger partial charge in [0.15, 0.2) is 0 Å². The second-order valence-corrected chi connectivity index (χ2v) is 5.18. The minimum Gasteiger partial charge on any atom is -0.507 e. The molecule has 0 aromatic heterocycles. The number of carbonyl (C=O) groups is 2. The van der Waals surface area contributed by atoms with E-state index in [9.17, 15) is 24.8 Å². The molecule has 0 spiro atoms. The summed E-state index contributed by atoms with van der Waals surface area (Å²) in [5, 5.41) is 26.7. The number of nitro benzene ring substituents is 1. The third kappa shape index (κ3) is 4.87. The zero-order chi connectivity index (χ0) is 19.1. The van der Waals surface area contributed by atoms with Gasteiger partial charge >= 0.3 is 0 Å². The maximum Gasteiger partial charge on any atom is 0.271 e. The summed E-state index contributed by atoms with van der Waals surface area (Å²) in [7, 11) is 0. The second kappa shape index (κ2) is 8.38. The molecular formula is C17H16N4O5. The lowest BCUT2D eigenvalue weighted by molar-refractivity contribution is -0.384. The summed E-state index contributed by atoms with van der Waals surface area (Å²) in [6, 6.07) is 9.66. The van der Waals surface area contributed by atoms with Crippen LogP contribution in [0, 0.1) is 10.1 Å². The lowest BCUT2D eigenvalue weighted by atomic mass is 10.2. The van der Waals surface area contributed by atoms with Crippen LogP contribution in [0.25, 0.3) is 0 Å². The maximum atomic E-state index is 12.0. The number of nitrogens with one attached hydrogen (secondary N) is 2. The molecule has 0 aliphatic rings. The van der Waals surface area contributed by atoms with Crippen LogP contribution in [0.4, 0.5) is 11.4 Å². The molecule has 0 aliphatic heterocycles. The molecule has 2 amide bonds. The molecule has 9 heteroatoms. The highest BCUT2D eigenvalue weighted by Gasteiger charge is 2.09. The summed E-state index contributed by atoms with van der Waals surface area (Å²) in [6.45, 7) is 1.73. The van der Waals surface area contributed by atoms with Gasteiger partial charge in [0, 0.05) is 35.4 Å². The quantitative estimate of drug-likeness (QED) is 0.415. The number of phenolic OH excluding ortho intramolecular Hbond substituents is 1. The van der Waals surface area contributed by atoms with E-state index in [0.717, 1.165) is 18.3 Å². The highest BCUT2D eigenvalue weighted by Crippen LogP contribution is 2.21. The highest BCUT2D eigenvalue weighted by atomic mass is 16.6. The molecule has 0 aliphatic carbocycles. The largest absolute Gasteiger partial charge is 0.507 e. The van der Waals surface area contributed by atoms with E-state index in [1.165, 1.54) is 18.2 Å². The first-order chi connectivity index (χ1) is 12.4. The smallest absolute Gasteiger partial charge is 0.271 e. The van der Waals surface area contributed by atoms with Crippen molar-refractivity contribution in [3.63, 3.8) is 0 Å². The number of non-ortho nitro benzene ring substituents is 1. The van der Waals surface area contributed by atoms with Crippen LogP contribution in [-0.4, -0.2) is 28.1 Å². The number of aromatic hydroxyl groups is 1. The van der Waals surface area contributed by atoms with Gasteiger partial charge in [0.2, 0.25) is 5.91 Å². The summed E-state index contributed by atoms with van der Waals surface area (Å²) >= 11 is 0. The monoisotopic (exact) mass is 356 g/mol. The molecule has 0 saturated heterocycles. The number of rotatable bonds is 6. The van der Waals surface area contributed by atoms with E-state index < -0.39 is 10.8 Å². The molecule has 0 atom stereocenters. The Kier molecular flexibility index (Phi) is 5.99. The Morgan fingerprint density at radius 3 is 2.54 bits per heavy atom. The van der Waals surface area contributed by atoms with Gasteiger partial charge in [-0.2, -0.15) is 5.10 Å². The first-order valence-electron chi connectivity index (χ1n) is 7.61. The molecule has 0 saturated carbocycles. The molecule has 0 heterocycles. The van der Waals surface area contributed by atoms with Gasteiger partial charge in [0.05, 0.1) is 11.1 Å². The molecule has 0 radical (unpaired) electrons. The predicted molar refractivity (Wildman–Crippen MR) is 95.2 cm³/mol. The van der Waals surface area contributed by atoms with Gasteiger partial charge in [-0.15, -0.1) is 0 Å². The molecule has 0 unspecified atom stereocenters. The Morgan fingerprint density at radius 2 is 1.92 bits per heavy atom. The van der Waals surface area contributed by atoms with Crippen molar-refractivity contribution in [2.75, 3.05) is 5.32 Å². The molecule has 2 aromatic rings. The van der Waals surface area contributed by atoms with Crippen LogP contribution in [-0.2, 0) is 4.79 Å². The Balaban J connectivity index is 2.02. The highest BCUT2D eigenvalue weighted by molar-refractivity contribution is 5.96. The predicted octanol–water partition coefficient (Wildman–Crippen LogP) is 2.41. The summed E-state index contributed by atoms with van der Waals surface area (Å²) in [4.78, 5) is 33.4. The number of nitrogens with zero attached hydrogens (tertiary/aromatic N) is 2. The fraction of sp³-hybridized carbons (Fsp3) is 0.118. The maximum absolute atomic E-state index is 12.0. The molecule has 26 heavy (non-hydrogen) atoms. The fourth-order valence-electron chi connectivity index (χ4n) is 1.94. The summed E-state index contributed by atoms with van der Waals surface area (Å²) in [5.74, 6) is -0.854. The van der Waals surface area contributed by atoms with Gasteiger partial charge < -0.3 is 10.4 Å². The van der Waals surface area contributed by atoms with Gasteiger partial charge in [-0.3, -0.25) is 19.7 Å². The number of anilines is 1. The summed E-state index contributed by atoms with van der Waals surface area (Å²) < 4.78 is 0. The van der Waals surface area contributed by atoms with E-state index in [0.29, 0.717) is 17.7 Å². The van der Waals surface area contributed by atoms with Crippen molar-refractivity contribution < 1.29 is 19.6 Å². The van der Waals surface area contributed by atoms with Crippen LogP contribution in [0.3, 0.4) is 0 Å². The van der Waals surface area contributed by atoms with Crippen molar-refractivity contribution in [2.45, 2.75) is 13.3 Å². The topological polar surface area (TPSA) is 134 Å². The average molecular weight is 356 g/mol. The van der Waals surface area contributed by atoms with Crippen molar-refractivity contribution in [1.29, 1.82) is 0 Å². The lowest BCUT2D eigenvalue weighted by Crippen LogP contribution is -2.17. The Labute approximate surface area is 148 Å². The zero-order valence-corrected chi connectivity index (χ0v) is 13.8.